The number of amides is 1. The first-order valence-corrected chi connectivity index (χ1v) is 8.56. The predicted octanol–water partition coefficient (Wildman–Crippen LogP) is 0.681. The van der Waals surface area contributed by atoms with E-state index in [0.717, 1.165) is 65.0 Å². The number of thiocarbonyl (C=S) groups is 1. The minimum Gasteiger partial charge on any atom is -0.392 e. The smallest absolute Gasteiger partial charge is 0.236 e. The van der Waals surface area contributed by atoms with E-state index < -0.39 is 0 Å². The lowest BCUT2D eigenvalue weighted by Crippen LogP contribution is -2.55. The van der Waals surface area contributed by atoms with Gasteiger partial charge in [0.1, 0.15) is 0 Å². The summed E-state index contributed by atoms with van der Waals surface area (Å²) in [5.74, 6) is 0.292. The van der Waals surface area contributed by atoms with Crippen molar-refractivity contribution in [2.45, 2.75) is 38.6 Å². The van der Waals surface area contributed by atoms with Gasteiger partial charge in [-0.05, 0) is 19.3 Å². The Morgan fingerprint density at radius 2 is 1.76 bits per heavy atom. The summed E-state index contributed by atoms with van der Waals surface area (Å²) >= 11 is 5.20. The number of carbonyl (C=O) groups excluding carboxylic acids is 1. The predicted molar refractivity (Wildman–Crippen MR) is 89.3 cm³/mol. The second-order valence-electron chi connectivity index (χ2n) is 6.11. The van der Waals surface area contributed by atoms with Crippen LogP contribution in [0.4, 0.5) is 0 Å². The maximum Gasteiger partial charge on any atom is 0.236 e. The molecule has 2 N–H and O–H groups in total. The molecular weight excluding hydrogens is 284 g/mol. The summed E-state index contributed by atoms with van der Waals surface area (Å²) in [6.45, 7) is 8.39. The van der Waals surface area contributed by atoms with Crippen molar-refractivity contribution in [1.29, 1.82) is 0 Å². The molecule has 2 aliphatic heterocycles. The van der Waals surface area contributed by atoms with Crippen LogP contribution in [0.25, 0.3) is 0 Å². The summed E-state index contributed by atoms with van der Waals surface area (Å²) in [7, 11) is 0. The maximum atomic E-state index is 12.2. The first-order valence-electron chi connectivity index (χ1n) is 8.15. The summed E-state index contributed by atoms with van der Waals surface area (Å²) in [4.78, 5) is 19.4. The molecule has 2 rings (SSSR count). The van der Waals surface area contributed by atoms with Crippen LogP contribution in [-0.2, 0) is 4.79 Å². The average Bonchev–Trinajstić information content (AvgIpc) is 3.00. The number of nitrogens with zero attached hydrogens (tertiary/aromatic N) is 3. The molecular formula is C15H28N4OS. The van der Waals surface area contributed by atoms with Gasteiger partial charge in [0.15, 0.2) is 0 Å². The van der Waals surface area contributed by atoms with Crippen LogP contribution in [0.5, 0.6) is 0 Å². The van der Waals surface area contributed by atoms with Crippen molar-refractivity contribution in [3.63, 3.8) is 0 Å². The molecule has 1 amide bonds. The molecule has 0 bridgehead atoms. The van der Waals surface area contributed by atoms with Gasteiger partial charge >= 0.3 is 0 Å². The minimum absolute atomic E-state index is 0.224. The molecule has 0 radical (unpaired) electrons. The number of piperazine rings is 1. The van der Waals surface area contributed by atoms with Crippen molar-refractivity contribution in [2.24, 2.45) is 5.73 Å². The van der Waals surface area contributed by atoms with Crippen LogP contribution in [-0.4, -0.2) is 77.5 Å². The van der Waals surface area contributed by atoms with E-state index in [1.54, 1.807) is 0 Å². The fraction of sp³-hybridized carbons (Fsp3) is 0.867. The average molecular weight is 312 g/mol. The quantitative estimate of drug-likeness (QED) is 0.731. The number of hydrogen-bond donors (Lipinski definition) is 1. The highest BCUT2D eigenvalue weighted by molar-refractivity contribution is 7.80. The Labute approximate surface area is 133 Å². The first kappa shape index (κ1) is 16.6. The van der Waals surface area contributed by atoms with E-state index in [1.807, 2.05) is 4.90 Å². The van der Waals surface area contributed by atoms with Crippen molar-refractivity contribution >= 4 is 23.1 Å². The summed E-state index contributed by atoms with van der Waals surface area (Å²) in [5, 5.41) is 0. The first-order chi connectivity index (χ1) is 10.1. The van der Waals surface area contributed by atoms with Gasteiger partial charge in [-0.15, -0.1) is 0 Å². The fourth-order valence-electron chi connectivity index (χ4n) is 3.27. The van der Waals surface area contributed by atoms with Crippen molar-refractivity contribution in [3.8, 4) is 0 Å². The van der Waals surface area contributed by atoms with E-state index in [2.05, 4.69) is 16.7 Å². The molecule has 21 heavy (non-hydrogen) atoms. The number of nitrogens with two attached hydrogens (primary N) is 1. The Bertz CT molecular complexity index is 363. The second-order valence-corrected chi connectivity index (χ2v) is 6.58. The molecule has 6 heteroatoms. The maximum absolute atomic E-state index is 12.2. The van der Waals surface area contributed by atoms with Gasteiger partial charge in [0.2, 0.25) is 5.91 Å². The Morgan fingerprint density at radius 1 is 1.14 bits per heavy atom. The van der Waals surface area contributed by atoms with Gasteiger partial charge in [-0.2, -0.15) is 0 Å². The Morgan fingerprint density at radius 3 is 2.29 bits per heavy atom. The fourth-order valence-corrected chi connectivity index (χ4v) is 3.54. The standard InChI is InChI=1S/C15H28N4OS/c1-2-5-13(15(16)21)18-10-8-17(9-11-18)12-14(20)19-6-3-4-7-19/h13H,2-12H2,1H3,(H2,16,21). The van der Waals surface area contributed by atoms with Crippen LogP contribution in [0.15, 0.2) is 0 Å². The van der Waals surface area contributed by atoms with Crippen molar-refractivity contribution in [1.82, 2.24) is 14.7 Å². The molecule has 0 aromatic heterocycles. The van der Waals surface area contributed by atoms with Crippen molar-refractivity contribution in [2.75, 3.05) is 45.8 Å². The molecule has 0 aliphatic carbocycles. The highest BCUT2D eigenvalue weighted by atomic mass is 32.1. The normalized spacial score (nSPS) is 22.4. The number of hydrogen-bond acceptors (Lipinski definition) is 4. The zero-order valence-electron chi connectivity index (χ0n) is 13.1. The highest BCUT2D eigenvalue weighted by Crippen LogP contribution is 2.13. The largest absolute Gasteiger partial charge is 0.392 e. The van der Waals surface area contributed by atoms with Gasteiger partial charge in [-0.3, -0.25) is 14.6 Å². The lowest BCUT2D eigenvalue weighted by Gasteiger charge is -2.39. The van der Waals surface area contributed by atoms with E-state index >= 15 is 0 Å². The van der Waals surface area contributed by atoms with Crippen molar-refractivity contribution in [3.05, 3.63) is 0 Å². The molecule has 1 atom stereocenters. The molecule has 2 fully saturated rings. The van der Waals surface area contributed by atoms with Gasteiger partial charge in [-0.1, -0.05) is 25.6 Å². The van der Waals surface area contributed by atoms with E-state index in [0.29, 0.717) is 17.4 Å². The number of likely N-dealkylation sites (tertiary alicyclic amines) is 1. The third-order valence-corrected chi connectivity index (χ3v) is 4.83. The van der Waals surface area contributed by atoms with E-state index in [4.69, 9.17) is 18.0 Å². The molecule has 2 aliphatic rings. The molecule has 1 unspecified atom stereocenters. The molecule has 2 saturated heterocycles. The van der Waals surface area contributed by atoms with E-state index in [1.165, 1.54) is 0 Å². The summed E-state index contributed by atoms with van der Waals surface area (Å²) in [5.41, 5.74) is 5.87. The van der Waals surface area contributed by atoms with Crippen molar-refractivity contribution < 1.29 is 4.79 Å². The summed E-state index contributed by atoms with van der Waals surface area (Å²) < 4.78 is 0. The van der Waals surface area contributed by atoms with Gasteiger partial charge in [0.25, 0.3) is 0 Å². The topological polar surface area (TPSA) is 52.8 Å². The number of carbonyl (C=O) groups is 1. The van der Waals surface area contributed by atoms with Gasteiger partial charge in [0.05, 0.1) is 17.6 Å². The van der Waals surface area contributed by atoms with Gasteiger partial charge in [0, 0.05) is 39.3 Å². The minimum atomic E-state index is 0.224. The third kappa shape index (κ3) is 4.63. The van der Waals surface area contributed by atoms with Crippen LogP contribution in [0, 0.1) is 0 Å². The van der Waals surface area contributed by atoms with Crippen LogP contribution >= 0.6 is 12.2 Å². The molecule has 5 nitrogen and oxygen atoms in total. The van der Waals surface area contributed by atoms with Crippen LogP contribution < -0.4 is 5.73 Å². The second kappa shape index (κ2) is 8.06. The molecule has 0 spiro atoms. The Hall–Kier alpha value is -0.720. The number of rotatable bonds is 6. The zero-order chi connectivity index (χ0) is 15.2. The molecule has 120 valence electrons. The molecule has 0 aromatic carbocycles. The summed E-state index contributed by atoms with van der Waals surface area (Å²) in [6.07, 6.45) is 4.44. The van der Waals surface area contributed by atoms with Crippen LogP contribution in [0.3, 0.4) is 0 Å². The zero-order valence-corrected chi connectivity index (χ0v) is 13.9. The summed E-state index contributed by atoms with van der Waals surface area (Å²) in [6, 6.07) is 0.224. The lowest BCUT2D eigenvalue weighted by molar-refractivity contribution is -0.131. The monoisotopic (exact) mass is 312 g/mol. The third-order valence-electron chi connectivity index (χ3n) is 4.56. The van der Waals surface area contributed by atoms with Crippen LogP contribution in [0.2, 0.25) is 0 Å². The molecule has 0 aromatic rings. The lowest BCUT2D eigenvalue weighted by atomic mass is 10.1. The van der Waals surface area contributed by atoms with E-state index in [9.17, 15) is 4.79 Å². The Kier molecular flexibility index (Phi) is 6.39. The van der Waals surface area contributed by atoms with Gasteiger partial charge < -0.3 is 10.6 Å². The van der Waals surface area contributed by atoms with Gasteiger partial charge in [-0.25, -0.2) is 0 Å². The molecule has 2 heterocycles. The highest BCUT2D eigenvalue weighted by Gasteiger charge is 2.27. The van der Waals surface area contributed by atoms with Crippen LogP contribution in [0.1, 0.15) is 32.6 Å². The Balaban J connectivity index is 1.77. The molecule has 0 saturated carbocycles. The SMILES string of the molecule is CCCC(C(N)=S)N1CCN(CC(=O)N2CCCC2)CC1. The van der Waals surface area contributed by atoms with E-state index in [-0.39, 0.29) is 6.04 Å².